The zero-order valence-electron chi connectivity index (χ0n) is 10.7. The van der Waals surface area contributed by atoms with Crippen molar-refractivity contribution in [3.63, 3.8) is 0 Å². The van der Waals surface area contributed by atoms with Gasteiger partial charge < -0.3 is 5.32 Å². The first-order chi connectivity index (χ1) is 8.01. The summed E-state index contributed by atoms with van der Waals surface area (Å²) in [4.78, 5) is 0. The number of rotatable bonds is 3. The van der Waals surface area contributed by atoms with Gasteiger partial charge in [0.2, 0.25) is 0 Å². The van der Waals surface area contributed by atoms with Gasteiger partial charge in [0.15, 0.2) is 0 Å². The molecule has 0 radical (unpaired) electrons. The van der Waals surface area contributed by atoms with Gasteiger partial charge in [0.1, 0.15) is 0 Å². The van der Waals surface area contributed by atoms with Crippen LogP contribution < -0.4 is 5.32 Å². The van der Waals surface area contributed by atoms with Crippen molar-refractivity contribution in [2.24, 2.45) is 5.92 Å². The van der Waals surface area contributed by atoms with Crippen LogP contribution in [0.4, 0.5) is 0 Å². The molecule has 2 saturated heterocycles. The fourth-order valence-corrected chi connectivity index (χ4v) is 4.13. The molecule has 1 unspecified atom stereocenters. The van der Waals surface area contributed by atoms with Crippen LogP contribution in [0, 0.1) is 5.92 Å². The molecule has 0 spiro atoms. The van der Waals surface area contributed by atoms with Crippen molar-refractivity contribution < 1.29 is 8.42 Å². The highest BCUT2D eigenvalue weighted by Crippen LogP contribution is 2.22. The van der Waals surface area contributed by atoms with Crippen LogP contribution in [-0.2, 0) is 10.2 Å². The van der Waals surface area contributed by atoms with Gasteiger partial charge in [0.25, 0.3) is 10.2 Å². The van der Waals surface area contributed by atoms with Crippen LogP contribution in [0.15, 0.2) is 0 Å². The van der Waals surface area contributed by atoms with E-state index in [0.29, 0.717) is 19.0 Å². The Bertz CT molecular complexity index is 344. The molecular weight excluding hydrogens is 238 g/mol. The Morgan fingerprint density at radius 3 is 2.41 bits per heavy atom. The molecule has 6 heteroatoms. The molecule has 5 nitrogen and oxygen atoms in total. The van der Waals surface area contributed by atoms with Crippen molar-refractivity contribution in [1.82, 2.24) is 13.9 Å². The SMILES string of the molecule is CC1CCN(S(=O)(=O)N(C)C2CCNC2)CC1. The van der Waals surface area contributed by atoms with Gasteiger partial charge in [-0.3, -0.25) is 0 Å². The first-order valence-corrected chi connectivity index (χ1v) is 7.85. The second-order valence-electron chi connectivity index (χ2n) is 5.25. The van der Waals surface area contributed by atoms with E-state index in [2.05, 4.69) is 12.2 Å². The van der Waals surface area contributed by atoms with E-state index in [4.69, 9.17) is 0 Å². The summed E-state index contributed by atoms with van der Waals surface area (Å²) in [5.74, 6) is 0.653. The van der Waals surface area contributed by atoms with Crippen molar-refractivity contribution in [3.05, 3.63) is 0 Å². The van der Waals surface area contributed by atoms with Crippen LogP contribution in [-0.4, -0.2) is 56.3 Å². The summed E-state index contributed by atoms with van der Waals surface area (Å²) in [6.07, 6.45) is 2.88. The Morgan fingerprint density at radius 2 is 1.88 bits per heavy atom. The van der Waals surface area contributed by atoms with Crippen molar-refractivity contribution in [3.8, 4) is 0 Å². The van der Waals surface area contributed by atoms with Gasteiger partial charge in [0.05, 0.1) is 0 Å². The van der Waals surface area contributed by atoms with E-state index in [0.717, 1.165) is 32.4 Å². The van der Waals surface area contributed by atoms with Crippen LogP contribution in [0.1, 0.15) is 26.2 Å². The number of nitrogens with zero attached hydrogens (tertiary/aromatic N) is 2. The average Bonchev–Trinajstić information content (AvgIpc) is 2.82. The molecule has 0 aromatic rings. The van der Waals surface area contributed by atoms with E-state index in [1.165, 1.54) is 0 Å². The third-order valence-corrected chi connectivity index (χ3v) is 6.03. The highest BCUT2D eigenvalue weighted by Gasteiger charge is 2.34. The Hall–Kier alpha value is -0.170. The van der Waals surface area contributed by atoms with Crippen molar-refractivity contribution in [2.75, 3.05) is 33.2 Å². The molecule has 1 atom stereocenters. The molecule has 2 heterocycles. The minimum atomic E-state index is -3.24. The van der Waals surface area contributed by atoms with Crippen molar-refractivity contribution in [1.29, 1.82) is 0 Å². The third-order valence-electron chi connectivity index (χ3n) is 3.98. The molecule has 1 N–H and O–H groups in total. The lowest BCUT2D eigenvalue weighted by Crippen LogP contribution is -2.49. The molecule has 0 aliphatic carbocycles. The molecule has 2 fully saturated rings. The largest absolute Gasteiger partial charge is 0.315 e. The standard InChI is InChI=1S/C11H23N3O2S/c1-10-4-7-14(8-5-10)17(15,16)13(2)11-3-6-12-9-11/h10-12H,3-9H2,1-2H3. The topological polar surface area (TPSA) is 52.7 Å². The summed E-state index contributed by atoms with van der Waals surface area (Å²) < 4.78 is 28.0. The van der Waals surface area contributed by atoms with Gasteiger partial charge in [-0.25, -0.2) is 0 Å². The summed E-state index contributed by atoms with van der Waals surface area (Å²) in [5.41, 5.74) is 0. The van der Waals surface area contributed by atoms with Crippen molar-refractivity contribution >= 4 is 10.2 Å². The molecule has 0 aromatic heterocycles. The van der Waals surface area contributed by atoms with Gasteiger partial charge in [-0.2, -0.15) is 17.0 Å². The van der Waals surface area contributed by atoms with Gasteiger partial charge in [-0.05, 0) is 31.7 Å². The molecule has 0 aromatic carbocycles. The summed E-state index contributed by atoms with van der Waals surface area (Å²) >= 11 is 0. The first kappa shape index (κ1) is 13.3. The van der Waals surface area contributed by atoms with E-state index in [9.17, 15) is 8.42 Å². The Balaban J connectivity index is 2.02. The smallest absolute Gasteiger partial charge is 0.282 e. The van der Waals surface area contributed by atoms with Gasteiger partial charge in [-0.1, -0.05) is 6.92 Å². The molecule has 2 aliphatic rings. The minimum absolute atomic E-state index is 0.124. The maximum Gasteiger partial charge on any atom is 0.282 e. The average molecular weight is 261 g/mol. The molecule has 17 heavy (non-hydrogen) atoms. The second kappa shape index (κ2) is 5.22. The molecule has 2 rings (SSSR count). The predicted octanol–water partition coefficient (Wildman–Crippen LogP) is 0.257. The lowest BCUT2D eigenvalue weighted by atomic mass is 10.0. The molecular formula is C11H23N3O2S. The van der Waals surface area contributed by atoms with Crippen LogP contribution in [0.3, 0.4) is 0 Å². The fraction of sp³-hybridized carbons (Fsp3) is 1.00. The lowest BCUT2D eigenvalue weighted by molar-refractivity contribution is 0.260. The third kappa shape index (κ3) is 2.81. The number of likely N-dealkylation sites (N-methyl/N-ethyl adjacent to an activating group) is 1. The Kier molecular flexibility index (Phi) is 4.07. The second-order valence-corrected chi connectivity index (χ2v) is 7.24. The van der Waals surface area contributed by atoms with Gasteiger partial charge in [-0.15, -0.1) is 0 Å². The highest BCUT2D eigenvalue weighted by atomic mass is 32.2. The highest BCUT2D eigenvalue weighted by molar-refractivity contribution is 7.86. The Morgan fingerprint density at radius 1 is 1.24 bits per heavy atom. The van der Waals surface area contributed by atoms with Crippen molar-refractivity contribution in [2.45, 2.75) is 32.2 Å². The maximum absolute atomic E-state index is 12.4. The number of nitrogens with one attached hydrogen (secondary N) is 1. The van der Waals surface area contributed by atoms with E-state index in [1.54, 1.807) is 15.7 Å². The number of piperidine rings is 1. The van der Waals surface area contributed by atoms with Gasteiger partial charge in [0, 0.05) is 32.7 Å². The molecule has 0 bridgehead atoms. The van der Waals surface area contributed by atoms with E-state index in [-0.39, 0.29) is 6.04 Å². The Labute approximate surface area is 104 Å². The van der Waals surface area contributed by atoms with Crippen LogP contribution >= 0.6 is 0 Å². The van der Waals surface area contributed by atoms with Crippen LogP contribution in [0.2, 0.25) is 0 Å². The number of hydrogen-bond acceptors (Lipinski definition) is 3. The summed E-state index contributed by atoms with van der Waals surface area (Å²) in [7, 11) is -1.53. The summed E-state index contributed by atoms with van der Waals surface area (Å²) in [5, 5.41) is 3.21. The van der Waals surface area contributed by atoms with E-state index < -0.39 is 10.2 Å². The predicted molar refractivity (Wildman–Crippen MR) is 67.9 cm³/mol. The fourth-order valence-electron chi connectivity index (χ4n) is 2.54. The summed E-state index contributed by atoms with van der Waals surface area (Å²) in [6, 6.07) is 0.124. The normalized spacial score (nSPS) is 29.0. The van der Waals surface area contributed by atoms with E-state index in [1.807, 2.05) is 0 Å². The quantitative estimate of drug-likeness (QED) is 0.793. The zero-order valence-corrected chi connectivity index (χ0v) is 11.5. The number of hydrogen-bond donors (Lipinski definition) is 1. The first-order valence-electron chi connectivity index (χ1n) is 6.45. The minimum Gasteiger partial charge on any atom is -0.315 e. The monoisotopic (exact) mass is 261 g/mol. The van der Waals surface area contributed by atoms with Crippen LogP contribution in [0.5, 0.6) is 0 Å². The zero-order chi connectivity index (χ0) is 12.5. The molecule has 0 amide bonds. The molecule has 100 valence electrons. The van der Waals surface area contributed by atoms with Crippen LogP contribution in [0.25, 0.3) is 0 Å². The lowest BCUT2D eigenvalue weighted by Gasteiger charge is -2.34. The maximum atomic E-state index is 12.4. The van der Waals surface area contributed by atoms with Gasteiger partial charge >= 0.3 is 0 Å². The molecule has 2 aliphatic heterocycles. The summed E-state index contributed by atoms with van der Waals surface area (Å²) in [6.45, 7) is 5.23. The molecule has 0 saturated carbocycles. The van der Waals surface area contributed by atoms with E-state index >= 15 is 0 Å².